The average molecular weight is 246 g/mol. The zero-order valence-electron chi connectivity index (χ0n) is 11.6. The smallest absolute Gasteiger partial charge is 0.0366 e. The summed E-state index contributed by atoms with van der Waals surface area (Å²) in [6.07, 6.45) is 6.60. The van der Waals surface area contributed by atoms with E-state index in [1.54, 1.807) is 0 Å². The summed E-state index contributed by atoms with van der Waals surface area (Å²) in [6, 6.07) is 11.5. The first-order valence-corrected chi connectivity index (χ1v) is 7.43. The molecule has 0 bridgehead atoms. The van der Waals surface area contributed by atoms with E-state index in [4.69, 9.17) is 0 Å². The van der Waals surface area contributed by atoms with Crippen LogP contribution in [-0.2, 0) is 0 Å². The van der Waals surface area contributed by atoms with E-state index in [1.165, 1.54) is 50.9 Å². The second kappa shape index (κ2) is 7.42. The van der Waals surface area contributed by atoms with Crippen LogP contribution < -0.4 is 10.2 Å². The van der Waals surface area contributed by atoms with E-state index in [0.717, 1.165) is 6.54 Å². The van der Waals surface area contributed by atoms with Crippen LogP contribution in [0.15, 0.2) is 30.3 Å². The molecule has 1 aromatic carbocycles. The van der Waals surface area contributed by atoms with Crippen molar-refractivity contribution in [1.29, 1.82) is 0 Å². The quantitative estimate of drug-likeness (QED) is 0.827. The van der Waals surface area contributed by atoms with Gasteiger partial charge in [-0.1, -0.05) is 38.0 Å². The third-order valence-corrected chi connectivity index (χ3v) is 3.76. The third-order valence-electron chi connectivity index (χ3n) is 3.76. The van der Waals surface area contributed by atoms with Crippen LogP contribution in [-0.4, -0.2) is 25.7 Å². The summed E-state index contributed by atoms with van der Waals surface area (Å²) >= 11 is 0. The lowest BCUT2D eigenvalue weighted by Crippen LogP contribution is -2.44. The SMILES string of the molecule is CCCCN(C[C@@H]1CCCCN1)c1ccccc1. The Labute approximate surface area is 111 Å². The van der Waals surface area contributed by atoms with Gasteiger partial charge < -0.3 is 10.2 Å². The minimum absolute atomic E-state index is 0.677. The Morgan fingerprint density at radius 3 is 2.72 bits per heavy atom. The Morgan fingerprint density at radius 2 is 2.06 bits per heavy atom. The molecule has 2 nitrogen and oxygen atoms in total. The predicted octanol–water partition coefficient (Wildman–Crippen LogP) is 3.44. The van der Waals surface area contributed by atoms with Gasteiger partial charge in [-0.3, -0.25) is 0 Å². The molecule has 1 saturated heterocycles. The summed E-state index contributed by atoms with van der Waals surface area (Å²) in [4.78, 5) is 2.55. The fourth-order valence-corrected chi connectivity index (χ4v) is 2.66. The molecule has 1 aromatic rings. The topological polar surface area (TPSA) is 15.3 Å². The molecule has 0 aromatic heterocycles. The predicted molar refractivity (Wildman–Crippen MR) is 79.2 cm³/mol. The highest BCUT2D eigenvalue weighted by atomic mass is 15.2. The summed E-state index contributed by atoms with van der Waals surface area (Å²) in [7, 11) is 0. The van der Waals surface area contributed by atoms with Gasteiger partial charge in [0.15, 0.2) is 0 Å². The van der Waals surface area contributed by atoms with Gasteiger partial charge >= 0.3 is 0 Å². The van der Waals surface area contributed by atoms with Crippen molar-refractivity contribution in [3.8, 4) is 0 Å². The van der Waals surface area contributed by atoms with E-state index in [9.17, 15) is 0 Å². The molecular weight excluding hydrogens is 220 g/mol. The van der Waals surface area contributed by atoms with Gasteiger partial charge in [0.05, 0.1) is 0 Å². The molecule has 100 valence electrons. The van der Waals surface area contributed by atoms with E-state index in [2.05, 4.69) is 47.5 Å². The second-order valence-electron chi connectivity index (χ2n) is 5.28. The van der Waals surface area contributed by atoms with Gasteiger partial charge in [-0.05, 0) is 37.9 Å². The van der Waals surface area contributed by atoms with E-state index >= 15 is 0 Å². The number of nitrogens with one attached hydrogen (secondary N) is 1. The van der Waals surface area contributed by atoms with Crippen LogP contribution in [0.2, 0.25) is 0 Å². The van der Waals surface area contributed by atoms with Crippen LogP contribution in [0, 0.1) is 0 Å². The maximum Gasteiger partial charge on any atom is 0.0366 e. The highest BCUT2D eigenvalue weighted by Gasteiger charge is 2.16. The van der Waals surface area contributed by atoms with E-state index in [-0.39, 0.29) is 0 Å². The number of hydrogen-bond donors (Lipinski definition) is 1. The summed E-state index contributed by atoms with van der Waals surface area (Å²) in [6.45, 7) is 5.80. The second-order valence-corrected chi connectivity index (χ2v) is 5.28. The summed E-state index contributed by atoms with van der Waals surface area (Å²) < 4.78 is 0. The van der Waals surface area contributed by atoms with E-state index in [1.807, 2.05) is 0 Å². The van der Waals surface area contributed by atoms with Crippen molar-refractivity contribution in [1.82, 2.24) is 5.32 Å². The van der Waals surface area contributed by atoms with Gasteiger partial charge in [0.1, 0.15) is 0 Å². The number of hydrogen-bond acceptors (Lipinski definition) is 2. The summed E-state index contributed by atoms with van der Waals surface area (Å²) in [5, 5.41) is 3.65. The average Bonchev–Trinajstić information content (AvgIpc) is 2.45. The van der Waals surface area contributed by atoms with Crippen LogP contribution in [0.5, 0.6) is 0 Å². The number of para-hydroxylation sites is 1. The van der Waals surface area contributed by atoms with E-state index < -0.39 is 0 Å². The number of unbranched alkanes of at least 4 members (excludes halogenated alkanes) is 1. The monoisotopic (exact) mass is 246 g/mol. The van der Waals surface area contributed by atoms with Crippen LogP contribution >= 0.6 is 0 Å². The molecule has 0 aliphatic carbocycles. The van der Waals surface area contributed by atoms with Crippen molar-refractivity contribution in [2.75, 3.05) is 24.5 Å². The van der Waals surface area contributed by atoms with Crippen LogP contribution in [0.3, 0.4) is 0 Å². The van der Waals surface area contributed by atoms with Crippen LogP contribution in [0.1, 0.15) is 39.0 Å². The number of piperidine rings is 1. The highest BCUT2D eigenvalue weighted by Crippen LogP contribution is 2.17. The number of nitrogens with zero attached hydrogens (tertiary/aromatic N) is 1. The molecule has 1 atom stereocenters. The van der Waals surface area contributed by atoms with Crippen molar-refractivity contribution in [3.05, 3.63) is 30.3 Å². The number of anilines is 1. The van der Waals surface area contributed by atoms with E-state index in [0.29, 0.717) is 6.04 Å². The van der Waals surface area contributed by atoms with Crippen LogP contribution in [0.25, 0.3) is 0 Å². The van der Waals surface area contributed by atoms with Crippen molar-refractivity contribution in [2.45, 2.75) is 45.1 Å². The Balaban J connectivity index is 1.95. The zero-order valence-corrected chi connectivity index (χ0v) is 11.6. The van der Waals surface area contributed by atoms with Gasteiger partial charge in [0.25, 0.3) is 0 Å². The molecule has 0 radical (unpaired) electrons. The summed E-state index contributed by atoms with van der Waals surface area (Å²) in [5.41, 5.74) is 1.37. The number of benzene rings is 1. The molecule has 18 heavy (non-hydrogen) atoms. The molecule has 2 rings (SSSR count). The Kier molecular flexibility index (Phi) is 5.53. The van der Waals surface area contributed by atoms with Gasteiger partial charge in [-0.15, -0.1) is 0 Å². The Hall–Kier alpha value is -1.02. The Morgan fingerprint density at radius 1 is 1.22 bits per heavy atom. The van der Waals surface area contributed by atoms with Crippen molar-refractivity contribution in [3.63, 3.8) is 0 Å². The molecule has 1 heterocycles. The normalized spacial score (nSPS) is 19.7. The van der Waals surface area contributed by atoms with Gasteiger partial charge in [-0.25, -0.2) is 0 Å². The lowest BCUT2D eigenvalue weighted by Gasteiger charge is -2.32. The molecule has 0 saturated carbocycles. The highest BCUT2D eigenvalue weighted by molar-refractivity contribution is 5.46. The first kappa shape index (κ1) is 13.4. The van der Waals surface area contributed by atoms with Crippen molar-refractivity contribution in [2.24, 2.45) is 0 Å². The molecular formula is C16H26N2. The maximum atomic E-state index is 3.65. The zero-order chi connectivity index (χ0) is 12.6. The lowest BCUT2D eigenvalue weighted by molar-refractivity contribution is 0.398. The molecule has 1 N–H and O–H groups in total. The molecule has 0 spiro atoms. The standard InChI is InChI=1S/C16H26N2/c1-2-3-13-18(16-10-5-4-6-11-16)14-15-9-7-8-12-17-15/h4-6,10-11,15,17H,2-3,7-9,12-14H2,1H3/t15-/m0/s1. The first-order valence-electron chi connectivity index (χ1n) is 7.43. The van der Waals surface area contributed by atoms with Gasteiger partial charge in [0.2, 0.25) is 0 Å². The fourth-order valence-electron chi connectivity index (χ4n) is 2.66. The molecule has 1 aliphatic heterocycles. The van der Waals surface area contributed by atoms with Gasteiger partial charge in [-0.2, -0.15) is 0 Å². The van der Waals surface area contributed by atoms with Crippen molar-refractivity contribution >= 4 is 5.69 Å². The minimum Gasteiger partial charge on any atom is -0.370 e. The molecule has 1 fully saturated rings. The Bertz CT molecular complexity index is 317. The molecule has 0 amide bonds. The lowest BCUT2D eigenvalue weighted by atomic mass is 10.0. The van der Waals surface area contributed by atoms with Crippen molar-refractivity contribution < 1.29 is 0 Å². The van der Waals surface area contributed by atoms with Gasteiger partial charge in [0, 0.05) is 24.8 Å². The largest absolute Gasteiger partial charge is 0.370 e. The molecule has 0 unspecified atom stereocenters. The number of rotatable bonds is 6. The molecule has 2 heteroatoms. The third kappa shape index (κ3) is 4.02. The maximum absolute atomic E-state index is 3.65. The minimum atomic E-state index is 0.677. The summed E-state index contributed by atoms with van der Waals surface area (Å²) in [5.74, 6) is 0. The first-order chi connectivity index (χ1) is 8.90. The van der Waals surface area contributed by atoms with Crippen LogP contribution in [0.4, 0.5) is 5.69 Å². The fraction of sp³-hybridized carbons (Fsp3) is 0.625. The molecule has 1 aliphatic rings.